The summed E-state index contributed by atoms with van der Waals surface area (Å²) in [5, 5.41) is 4.36. The first-order valence-electron chi connectivity index (χ1n) is 10.7. The number of anilines is 1. The zero-order chi connectivity index (χ0) is 22.4. The van der Waals surface area contributed by atoms with Crippen molar-refractivity contribution in [3.8, 4) is 0 Å². The van der Waals surface area contributed by atoms with E-state index in [4.69, 9.17) is 5.73 Å². The monoisotopic (exact) mass is 427 g/mol. The molecule has 1 aliphatic heterocycles. The van der Waals surface area contributed by atoms with E-state index in [1.807, 2.05) is 49.5 Å². The third-order valence-corrected chi connectivity index (χ3v) is 6.04. The Morgan fingerprint density at radius 3 is 2.47 bits per heavy atom. The first-order valence-corrected chi connectivity index (χ1v) is 10.7. The first-order chi connectivity index (χ1) is 15.5. The number of aromatic amines is 1. The summed E-state index contributed by atoms with van der Waals surface area (Å²) in [6.07, 6.45) is 4.59. The molecule has 0 saturated heterocycles. The highest BCUT2D eigenvalue weighted by atomic mass is 16.2. The Morgan fingerprint density at radius 1 is 0.969 bits per heavy atom. The SMILES string of the molecule is CN(C)c1ccc2c(c1)c(C1=C(c3c[nH]c4ccccc34)C(=O)NC1=O)cn2CCCN. The Hall–Kier alpha value is -3.84. The summed E-state index contributed by atoms with van der Waals surface area (Å²) in [5.74, 6) is -0.746. The molecule has 0 bridgehead atoms. The van der Waals surface area contributed by atoms with E-state index < -0.39 is 0 Å². The number of carbonyl (C=O) groups excluding carboxylic acids is 2. The summed E-state index contributed by atoms with van der Waals surface area (Å²) in [6.45, 7) is 1.31. The minimum Gasteiger partial charge on any atom is -0.378 e. The molecule has 32 heavy (non-hydrogen) atoms. The van der Waals surface area contributed by atoms with E-state index in [1.54, 1.807) is 6.20 Å². The van der Waals surface area contributed by atoms with Crippen molar-refractivity contribution in [1.29, 1.82) is 0 Å². The maximum absolute atomic E-state index is 13.1. The van der Waals surface area contributed by atoms with E-state index in [9.17, 15) is 9.59 Å². The summed E-state index contributed by atoms with van der Waals surface area (Å²) in [5.41, 5.74) is 11.0. The average Bonchev–Trinajstić information content (AvgIpc) is 3.44. The molecule has 0 atom stereocenters. The molecule has 0 radical (unpaired) electrons. The maximum atomic E-state index is 13.1. The molecule has 4 aromatic rings. The van der Waals surface area contributed by atoms with E-state index in [0.29, 0.717) is 17.7 Å². The van der Waals surface area contributed by atoms with Crippen molar-refractivity contribution in [3.05, 3.63) is 66.0 Å². The van der Waals surface area contributed by atoms with Gasteiger partial charge in [0, 0.05) is 71.7 Å². The van der Waals surface area contributed by atoms with Crippen LogP contribution in [0.15, 0.2) is 54.9 Å². The predicted molar refractivity (Wildman–Crippen MR) is 128 cm³/mol. The van der Waals surface area contributed by atoms with Gasteiger partial charge in [0.05, 0.1) is 11.1 Å². The van der Waals surface area contributed by atoms with Crippen molar-refractivity contribution < 1.29 is 9.59 Å². The van der Waals surface area contributed by atoms with E-state index >= 15 is 0 Å². The molecule has 0 spiro atoms. The summed E-state index contributed by atoms with van der Waals surface area (Å²) < 4.78 is 2.12. The Balaban J connectivity index is 1.80. The fraction of sp³-hybridized carbons (Fsp3) is 0.200. The predicted octanol–water partition coefficient (Wildman–Crippen LogP) is 3.10. The molecule has 3 heterocycles. The molecule has 0 unspecified atom stereocenters. The first kappa shape index (κ1) is 20.1. The summed E-state index contributed by atoms with van der Waals surface area (Å²) >= 11 is 0. The number of nitrogens with zero attached hydrogens (tertiary/aromatic N) is 2. The van der Waals surface area contributed by atoms with Crippen LogP contribution in [0, 0.1) is 0 Å². The van der Waals surface area contributed by atoms with Crippen LogP contribution in [0.1, 0.15) is 17.5 Å². The number of hydrogen-bond donors (Lipinski definition) is 3. The van der Waals surface area contributed by atoms with Gasteiger partial charge in [0.25, 0.3) is 11.8 Å². The van der Waals surface area contributed by atoms with Crippen LogP contribution in [0.5, 0.6) is 0 Å². The molecule has 5 rings (SSSR count). The molecular formula is C25H25N5O2. The number of aryl methyl sites for hydroxylation is 1. The fourth-order valence-electron chi connectivity index (χ4n) is 4.46. The fourth-order valence-corrected chi connectivity index (χ4v) is 4.46. The third-order valence-electron chi connectivity index (χ3n) is 6.04. The molecule has 2 aromatic carbocycles. The lowest BCUT2D eigenvalue weighted by Gasteiger charge is -2.13. The number of para-hydroxylation sites is 1. The van der Waals surface area contributed by atoms with Gasteiger partial charge in [-0.05, 0) is 37.2 Å². The van der Waals surface area contributed by atoms with Crippen molar-refractivity contribution in [1.82, 2.24) is 14.9 Å². The molecule has 2 amide bonds. The number of rotatable bonds is 6. The van der Waals surface area contributed by atoms with Crippen LogP contribution in [0.3, 0.4) is 0 Å². The number of hydrogen-bond acceptors (Lipinski definition) is 4. The molecule has 162 valence electrons. The van der Waals surface area contributed by atoms with Crippen LogP contribution in [0.2, 0.25) is 0 Å². The van der Waals surface area contributed by atoms with E-state index in [1.165, 1.54) is 0 Å². The standard InChI is InChI=1S/C25H25N5O2/c1-29(2)15-8-9-21-17(12-15)19(14-30(21)11-5-10-26)23-22(24(31)28-25(23)32)18-13-27-20-7-4-3-6-16(18)20/h3-4,6-9,12-14,27H,5,10-11,26H2,1-2H3,(H,28,31,32). The molecule has 2 aromatic heterocycles. The second-order valence-corrected chi connectivity index (χ2v) is 8.26. The summed E-state index contributed by atoms with van der Waals surface area (Å²) in [4.78, 5) is 31.3. The van der Waals surface area contributed by atoms with Crippen molar-refractivity contribution in [2.24, 2.45) is 5.73 Å². The number of carbonyl (C=O) groups is 2. The lowest BCUT2D eigenvalue weighted by atomic mass is 9.95. The minimum atomic E-state index is -0.374. The van der Waals surface area contributed by atoms with Gasteiger partial charge in [-0.3, -0.25) is 14.9 Å². The largest absolute Gasteiger partial charge is 0.378 e. The lowest BCUT2D eigenvalue weighted by Crippen LogP contribution is -2.22. The zero-order valence-corrected chi connectivity index (χ0v) is 18.1. The summed E-state index contributed by atoms with van der Waals surface area (Å²) in [7, 11) is 3.96. The van der Waals surface area contributed by atoms with E-state index in [0.717, 1.165) is 51.6 Å². The Labute approximate surface area is 185 Å². The molecule has 7 heteroatoms. The minimum absolute atomic E-state index is 0.372. The van der Waals surface area contributed by atoms with Gasteiger partial charge < -0.3 is 20.2 Å². The van der Waals surface area contributed by atoms with Gasteiger partial charge in [0.15, 0.2) is 0 Å². The second-order valence-electron chi connectivity index (χ2n) is 8.26. The number of nitrogens with one attached hydrogen (secondary N) is 2. The number of H-pyrrole nitrogens is 1. The topological polar surface area (TPSA) is 96.1 Å². The number of amides is 2. The van der Waals surface area contributed by atoms with Gasteiger partial charge in [-0.2, -0.15) is 0 Å². The number of nitrogens with two attached hydrogens (primary N) is 1. The molecular weight excluding hydrogens is 402 g/mol. The Kier molecular flexibility index (Phi) is 4.83. The smallest absolute Gasteiger partial charge is 0.259 e. The van der Waals surface area contributed by atoms with Crippen LogP contribution in [-0.2, 0) is 16.1 Å². The number of imide groups is 1. The highest BCUT2D eigenvalue weighted by Gasteiger charge is 2.35. The van der Waals surface area contributed by atoms with Crippen molar-refractivity contribution >= 4 is 50.5 Å². The molecule has 0 aliphatic carbocycles. The Bertz CT molecular complexity index is 1410. The average molecular weight is 428 g/mol. The number of benzene rings is 2. The van der Waals surface area contributed by atoms with Crippen molar-refractivity contribution in [2.45, 2.75) is 13.0 Å². The number of aromatic nitrogens is 2. The van der Waals surface area contributed by atoms with Crippen molar-refractivity contribution in [2.75, 3.05) is 25.5 Å². The van der Waals surface area contributed by atoms with E-state index in [2.05, 4.69) is 33.1 Å². The van der Waals surface area contributed by atoms with Crippen LogP contribution in [-0.4, -0.2) is 42.0 Å². The number of fused-ring (bicyclic) bond motifs is 2. The molecule has 0 saturated carbocycles. The van der Waals surface area contributed by atoms with Gasteiger partial charge in [0.1, 0.15) is 0 Å². The van der Waals surface area contributed by atoms with Gasteiger partial charge >= 0.3 is 0 Å². The van der Waals surface area contributed by atoms with Gasteiger partial charge in [-0.25, -0.2) is 0 Å². The van der Waals surface area contributed by atoms with Crippen LogP contribution < -0.4 is 16.0 Å². The summed E-state index contributed by atoms with van der Waals surface area (Å²) in [6, 6.07) is 14.0. The van der Waals surface area contributed by atoms with Crippen LogP contribution in [0.25, 0.3) is 33.0 Å². The maximum Gasteiger partial charge on any atom is 0.259 e. The van der Waals surface area contributed by atoms with Gasteiger partial charge in [-0.15, -0.1) is 0 Å². The highest BCUT2D eigenvalue weighted by molar-refractivity contribution is 6.50. The van der Waals surface area contributed by atoms with E-state index in [-0.39, 0.29) is 11.8 Å². The second kappa shape index (κ2) is 7.69. The van der Waals surface area contributed by atoms with Gasteiger partial charge in [-0.1, -0.05) is 18.2 Å². The molecule has 7 nitrogen and oxygen atoms in total. The van der Waals surface area contributed by atoms with Crippen LogP contribution in [0.4, 0.5) is 5.69 Å². The molecule has 4 N–H and O–H groups in total. The normalized spacial score (nSPS) is 14.1. The van der Waals surface area contributed by atoms with Crippen LogP contribution >= 0.6 is 0 Å². The quantitative estimate of drug-likeness (QED) is 0.412. The zero-order valence-electron chi connectivity index (χ0n) is 18.1. The highest BCUT2D eigenvalue weighted by Crippen LogP contribution is 2.39. The third kappa shape index (κ3) is 3.09. The molecule has 1 aliphatic rings. The van der Waals surface area contributed by atoms with Gasteiger partial charge in [0.2, 0.25) is 0 Å². The van der Waals surface area contributed by atoms with Crippen molar-refractivity contribution in [3.63, 3.8) is 0 Å². The molecule has 0 fully saturated rings. The Morgan fingerprint density at radius 2 is 1.72 bits per heavy atom. The lowest BCUT2D eigenvalue weighted by molar-refractivity contribution is -0.122.